The van der Waals surface area contributed by atoms with Gasteiger partial charge in [-0.2, -0.15) is 0 Å². The van der Waals surface area contributed by atoms with E-state index >= 15 is 0 Å². The summed E-state index contributed by atoms with van der Waals surface area (Å²) in [6.45, 7) is 72.1. The fraction of sp³-hybridized carbons (Fsp3) is 0.600. The molecule has 10 heteroatoms. The molecule has 8 heterocycles. The van der Waals surface area contributed by atoms with Crippen molar-refractivity contribution in [3.05, 3.63) is 290 Å². The van der Waals surface area contributed by atoms with Crippen molar-refractivity contribution in [2.45, 2.75) is 311 Å². The van der Waals surface area contributed by atoms with Gasteiger partial charge in [0.05, 0.1) is 12.7 Å². The molecule has 0 aliphatic carbocycles. The smallest absolute Gasteiger partial charge is 0.0952 e. The van der Waals surface area contributed by atoms with Gasteiger partial charge in [0, 0.05) is 70.6 Å². The summed E-state index contributed by atoms with van der Waals surface area (Å²) in [6, 6.07) is 74.1. The Labute approximate surface area is 859 Å². The number of likely N-dealkylation sites (tertiary alicyclic amines) is 4. The van der Waals surface area contributed by atoms with E-state index < -0.39 is 0 Å². The van der Waals surface area contributed by atoms with Gasteiger partial charge in [0.2, 0.25) is 0 Å². The van der Waals surface area contributed by atoms with Crippen LogP contribution < -0.4 is 16.0 Å². The second kappa shape index (κ2) is 55.8. The van der Waals surface area contributed by atoms with Crippen molar-refractivity contribution >= 4 is 16.8 Å². The van der Waals surface area contributed by atoms with Crippen LogP contribution in [-0.2, 0) is 56.1 Å². The highest BCUT2D eigenvalue weighted by atomic mass is 16.5. The first-order chi connectivity index (χ1) is 65.9. The summed E-state index contributed by atoms with van der Waals surface area (Å²) in [5, 5.41) is 10.5. The van der Waals surface area contributed by atoms with Crippen LogP contribution in [0.1, 0.15) is 337 Å². The molecule has 0 bridgehead atoms. The van der Waals surface area contributed by atoms with Gasteiger partial charge < -0.3 is 50.1 Å². The first kappa shape index (κ1) is 116. The summed E-state index contributed by atoms with van der Waals surface area (Å²) in [6.07, 6.45) is 27.0. The molecule has 8 aromatic rings. The van der Waals surface area contributed by atoms with Crippen molar-refractivity contribution in [3.63, 3.8) is 0 Å². The number of morpholine rings is 1. The number of benzene rings is 8. The lowest BCUT2D eigenvalue weighted by Crippen LogP contribution is -2.35. The van der Waals surface area contributed by atoms with Gasteiger partial charge in [-0.05, 0) is 378 Å². The number of nitrogens with one attached hydrogen (secondary N) is 3. The van der Waals surface area contributed by atoms with Crippen LogP contribution in [0, 0.1) is 43.8 Å². The molecule has 140 heavy (non-hydrogen) atoms. The minimum absolute atomic E-state index is 0.243. The Morgan fingerprint density at radius 3 is 1.02 bits per heavy atom. The number of anilines is 1. The van der Waals surface area contributed by atoms with Crippen LogP contribution in [0.25, 0.3) is 11.1 Å². The van der Waals surface area contributed by atoms with Crippen LogP contribution in [0.3, 0.4) is 0 Å². The van der Waals surface area contributed by atoms with Gasteiger partial charge in [-0.1, -0.05) is 353 Å². The second-order valence-corrected chi connectivity index (χ2v) is 52.5. The average Bonchev–Trinajstić information content (AvgIpc) is 1.29. The third kappa shape index (κ3) is 46.4. The average molecular weight is 1910 g/mol. The fourth-order valence-corrected chi connectivity index (χ4v) is 21.0. The molecule has 5 atom stereocenters. The van der Waals surface area contributed by atoms with Gasteiger partial charge >= 0.3 is 0 Å². The number of nitrogens with zero attached hydrogens (tertiary/aromatic N) is 6. The number of ether oxygens (including phenoxy) is 1. The predicted molar refractivity (Wildman–Crippen MR) is 612 cm³/mol. The molecule has 10 nitrogen and oxygen atoms in total. The summed E-state index contributed by atoms with van der Waals surface area (Å²) in [5.41, 5.74) is 28.7. The molecule has 16 rings (SSSR count). The first-order valence-corrected chi connectivity index (χ1v) is 54.9. The van der Waals surface area contributed by atoms with Gasteiger partial charge in [0.15, 0.2) is 0 Å². The molecule has 0 saturated carbocycles. The molecule has 0 amide bonds. The van der Waals surface area contributed by atoms with E-state index in [-0.39, 0.29) is 6.10 Å². The third-order valence-corrected chi connectivity index (χ3v) is 28.1. The number of hydrogen-bond acceptors (Lipinski definition) is 10. The van der Waals surface area contributed by atoms with Gasteiger partial charge in [0.1, 0.15) is 0 Å². The normalized spacial score (nSPS) is 20.3. The monoisotopic (exact) mass is 1900 g/mol. The highest BCUT2D eigenvalue weighted by molar-refractivity contribution is 5.67. The molecule has 0 radical (unpaired) electrons. The highest BCUT2D eigenvalue weighted by Gasteiger charge is 2.28. The molecule has 0 aromatic heterocycles. The Balaban J connectivity index is 0.000000179. The molecule has 8 aliphatic rings. The van der Waals surface area contributed by atoms with Crippen LogP contribution in [-0.4, -0.2) is 189 Å². The molecular formula is C130H201N9O. The lowest BCUT2D eigenvalue weighted by atomic mass is 9.85. The highest BCUT2D eigenvalue weighted by Crippen LogP contribution is 2.36. The number of hydrogen-bond donors (Lipinski definition) is 3. The molecule has 772 valence electrons. The minimum Gasteiger partial charge on any atom is -0.381 e. The Kier molecular flexibility index (Phi) is 46.4. The molecule has 3 N–H and O–H groups in total. The topological polar surface area (TPSA) is 64.8 Å². The second-order valence-electron chi connectivity index (χ2n) is 52.5. The summed E-state index contributed by atoms with van der Waals surface area (Å²) >= 11 is 0. The lowest BCUT2D eigenvalue weighted by Gasteiger charge is -2.30. The van der Waals surface area contributed by atoms with Crippen molar-refractivity contribution in [1.82, 2.24) is 40.0 Å². The van der Waals surface area contributed by atoms with E-state index in [4.69, 9.17) is 4.74 Å². The van der Waals surface area contributed by atoms with E-state index in [2.05, 4.69) is 453 Å². The molecule has 5 unspecified atom stereocenters. The van der Waals surface area contributed by atoms with Crippen LogP contribution in [0.2, 0.25) is 0 Å². The Hall–Kier alpha value is -7.32. The lowest BCUT2D eigenvalue weighted by molar-refractivity contribution is -0.0209. The van der Waals surface area contributed by atoms with E-state index in [1.165, 1.54) is 224 Å². The molecule has 6 saturated heterocycles. The minimum atomic E-state index is 0.243. The number of likely N-dealkylation sites (N-methyl/N-ethyl adjacent to an activating group) is 5. The van der Waals surface area contributed by atoms with E-state index in [9.17, 15) is 0 Å². The summed E-state index contributed by atoms with van der Waals surface area (Å²) in [7, 11) is 13.2. The zero-order valence-corrected chi connectivity index (χ0v) is 94.5. The van der Waals surface area contributed by atoms with Crippen molar-refractivity contribution in [1.29, 1.82) is 0 Å². The van der Waals surface area contributed by atoms with E-state index in [1.54, 1.807) is 5.56 Å². The molecule has 0 spiro atoms. The van der Waals surface area contributed by atoms with Crippen LogP contribution in [0.5, 0.6) is 0 Å². The maximum absolute atomic E-state index is 5.83. The Morgan fingerprint density at radius 1 is 0.307 bits per heavy atom. The fourth-order valence-electron chi connectivity index (χ4n) is 21.0. The predicted octanol–water partition coefficient (Wildman–Crippen LogP) is 29.5. The largest absolute Gasteiger partial charge is 0.381 e. The first-order valence-electron chi connectivity index (χ1n) is 54.9. The molecule has 8 aromatic carbocycles. The van der Waals surface area contributed by atoms with Crippen LogP contribution in [0.15, 0.2) is 206 Å². The van der Waals surface area contributed by atoms with Gasteiger partial charge in [-0.3, -0.25) is 0 Å². The maximum Gasteiger partial charge on any atom is 0.0952 e. The van der Waals surface area contributed by atoms with Crippen LogP contribution in [0.4, 0.5) is 5.69 Å². The van der Waals surface area contributed by atoms with Crippen molar-refractivity contribution in [2.24, 2.45) is 43.8 Å². The maximum atomic E-state index is 5.83. The van der Waals surface area contributed by atoms with Gasteiger partial charge in [-0.15, -0.1) is 0 Å². The van der Waals surface area contributed by atoms with Crippen molar-refractivity contribution in [2.75, 3.05) is 159 Å². The summed E-state index contributed by atoms with van der Waals surface area (Å²) in [5.74, 6) is 3.75. The molecule has 6 fully saturated rings. The van der Waals surface area contributed by atoms with E-state index in [1.807, 2.05) is 0 Å². The SMILES string of the molecule is CC(C)(C)Cc1ccc(C2CCCNC2)cc1.CC(C)Cc1ccc(C2=CCNCC2)cc1.CN1CC=C(c2ccc(CC(C)(C)C)cc2)CC1.CN1CCC(Nc2ccc(CC(C)(C)C)cc2)C1.CN1CCC(c2ccc(CC(C)(C)C)cc2)C1.CN1CCC(c2ccc(CC(C)(C)C)cc2)CC1.CN1CCCC(c2ccc(CC(C)(C)C)cc2)C1.CN1CCOC(c2ccc(CC(C)(C)C)cc2)C1. The Morgan fingerprint density at radius 2 is 0.657 bits per heavy atom. The van der Waals surface area contributed by atoms with Crippen LogP contribution >= 0.6 is 0 Å². The number of rotatable bonds is 18. The zero-order valence-electron chi connectivity index (χ0n) is 94.5. The van der Waals surface area contributed by atoms with E-state index in [0.29, 0.717) is 43.9 Å². The quantitative estimate of drug-likeness (QED) is 0.0774. The molecular weight excluding hydrogens is 1700 g/mol. The summed E-state index contributed by atoms with van der Waals surface area (Å²) < 4.78 is 5.83. The Bertz CT molecular complexity index is 4690. The van der Waals surface area contributed by atoms with Gasteiger partial charge in [-0.25, -0.2) is 0 Å². The van der Waals surface area contributed by atoms with Crippen molar-refractivity contribution in [3.8, 4) is 0 Å². The molecule has 8 aliphatic heterocycles. The number of piperidine rings is 3. The zero-order chi connectivity index (χ0) is 102. The standard InChI is InChI=1S/C17H27N.C17H25N.C17H27N.C16H26N2.C16H25NO.2C16H25N.C15H21N/c2*1-17(2,3)13-14-5-7-15(8-6-14)16-9-11-18(4)12-10-16;1-17(2,3)12-14-7-9-15(10-8-14)16-6-5-11-18(4)13-16;1-16(2,3)11-13-5-7-14(8-6-13)17-15-9-10-18(4)12-15;1-16(2,3)11-13-5-7-14(8-6-13)15-12-17(4)9-10-18-15;1-16(2,3)11-13-5-7-14(8-6-13)15-9-10-17(4)12-15;1-16(2,3)11-13-6-8-14(9-7-13)15-5-4-10-17-12-15;1-12(2)11-13-3-5-14(6-4-13)15-7-9-16-10-8-15/h5-8,16H,9-13H2,1-4H3;5-9H,10-13H2,1-4H3;7-10,16H,5-6,11-13H2,1-4H3;5-8,15,17H,9-12H2,1-4H3;5-8,15H,9-12H2,1-4H3;5-8,15H,9-12H2,1-4H3;6-9,15,17H,4-5,10-12H2,1-3H3;3-7,12,16H,8-11H2,1-2H3. The van der Waals surface area contributed by atoms with Gasteiger partial charge in [0.25, 0.3) is 0 Å². The summed E-state index contributed by atoms with van der Waals surface area (Å²) in [4.78, 5) is 14.4. The van der Waals surface area contributed by atoms with E-state index in [0.717, 1.165) is 127 Å². The third-order valence-electron chi connectivity index (χ3n) is 28.1. The van der Waals surface area contributed by atoms with Crippen molar-refractivity contribution < 1.29 is 4.74 Å².